The van der Waals surface area contributed by atoms with Gasteiger partial charge in [0.05, 0.1) is 36.2 Å². The summed E-state index contributed by atoms with van der Waals surface area (Å²) in [6.45, 7) is 0. The number of hydrogen-bond donors (Lipinski definition) is 12. The number of phenols is 2. The average molecular weight is 1070 g/mol. The van der Waals surface area contributed by atoms with Gasteiger partial charge < -0.3 is 109 Å². The first kappa shape index (κ1) is 51.6. The highest BCUT2D eigenvalue weighted by Crippen LogP contribution is 2.65. The molecule has 76 heavy (non-hydrogen) atoms. The van der Waals surface area contributed by atoms with Gasteiger partial charge in [0.1, 0.15) is 72.5 Å². The third-order valence-electron chi connectivity index (χ3n) is 16.1. The van der Waals surface area contributed by atoms with Crippen molar-refractivity contribution in [3.8, 4) is 11.5 Å². The molecule has 2 aromatic carbocycles. The van der Waals surface area contributed by atoms with Crippen LogP contribution in [0.15, 0.2) is 73.2 Å². The molecule has 0 radical (unpaired) electrons. The highest BCUT2D eigenvalue weighted by atomic mass is 16.8. The van der Waals surface area contributed by atoms with E-state index >= 15 is 9.59 Å². The van der Waals surface area contributed by atoms with Crippen LogP contribution >= 0.6 is 0 Å². The zero-order valence-corrected chi connectivity index (χ0v) is 38.7. The van der Waals surface area contributed by atoms with Gasteiger partial charge in [0.15, 0.2) is 24.8 Å². The summed E-state index contributed by atoms with van der Waals surface area (Å²) in [5.74, 6) is -19.4. The zero-order chi connectivity index (χ0) is 54.2. The molecule has 26 atom stereocenters. The van der Waals surface area contributed by atoms with Gasteiger partial charge in [-0.2, -0.15) is 0 Å². The van der Waals surface area contributed by atoms with Gasteiger partial charge in [-0.1, -0.05) is 24.3 Å². The normalized spacial score (nSPS) is 46.0. The zero-order valence-electron chi connectivity index (χ0n) is 38.7. The van der Waals surface area contributed by atoms with E-state index in [-0.39, 0.29) is 11.5 Å². The summed E-state index contributed by atoms with van der Waals surface area (Å²) in [6.07, 6.45) is -25.3. The number of epoxide rings is 2. The minimum absolute atomic E-state index is 0.167. The third kappa shape index (κ3) is 7.80. The molecular weight excluding hydrogens is 1020 g/mol. The van der Waals surface area contributed by atoms with E-state index in [0.717, 1.165) is 12.5 Å². The molecule has 7 fully saturated rings. The molecule has 9 aliphatic rings. The number of hydrogen-bond acceptors (Lipinski definition) is 24. The van der Waals surface area contributed by atoms with Crippen LogP contribution in [-0.2, 0) is 76.1 Å². The monoisotopic (exact) mass is 1070 g/mol. The Balaban J connectivity index is 0.899. The first-order valence-corrected chi connectivity index (χ1v) is 23.7. The second kappa shape index (κ2) is 18.6. The van der Waals surface area contributed by atoms with E-state index in [0.29, 0.717) is 11.1 Å². The Morgan fingerprint density at radius 3 is 1.16 bits per heavy atom. The Hall–Kier alpha value is -6.54. The molecule has 12 N–H and O–H groups in total. The lowest BCUT2D eigenvalue weighted by Gasteiger charge is -2.50. The third-order valence-corrected chi connectivity index (χ3v) is 16.1. The topological polar surface area (TPSA) is 444 Å². The molecule has 0 amide bonds. The number of rotatable bonds is 14. The molecule has 4 saturated heterocycles. The van der Waals surface area contributed by atoms with Crippen molar-refractivity contribution in [3.63, 3.8) is 0 Å². The van der Waals surface area contributed by atoms with E-state index in [1.807, 2.05) is 0 Å². The first-order valence-electron chi connectivity index (χ1n) is 23.7. The molecule has 0 unspecified atom stereocenters. The molecule has 11 rings (SSSR count). The molecule has 6 heterocycles. The van der Waals surface area contributed by atoms with Crippen molar-refractivity contribution in [2.75, 3.05) is 0 Å². The van der Waals surface area contributed by atoms with Crippen molar-refractivity contribution in [2.24, 2.45) is 35.5 Å². The standard InChI is InChI=1S/C48H48O28/c49-15-5-1-13(2-6-15)19-20(14-3-7-16(50)8-4-14)22(40(62)70-32-18-10-12-68-42(24(18)48(46(65)66)36(32)76-48)74-44-30(56)26(52)28(54)34(72-44)38(59)60)21(19)39(61)69-31-17-9-11-67-41(23(17)47(45(63)64)35(31)75-47)73-43-29(55)25(51)27(53)33(71-43)37(57)58/h1-12,17-36,41-44,49-56H,(H,57,58)(H,59,60)(H,63,64)(H,65,66)/t17-,18-,19+,20+,21-,22-,23-,24-,25+,26+,27+,28+,29-,30-,31+,32+,33+,34+,35+,36+,41+,42+,43+,44+,47-,48-/m1/s1. The van der Waals surface area contributed by atoms with E-state index in [2.05, 4.69) is 0 Å². The minimum Gasteiger partial charge on any atom is -0.508 e. The number of ether oxygens (including phenoxy) is 10. The van der Waals surface area contributed by atoms with Crippen LogP contribution in [0.3, 0.4) is 0 Å². The number of benzene rings is 2. The van der Waals surface area contributed by atoms with Crippen molar-refractivity contribution in [3.05, 3.63) is 84.3 Å². The summed E-state index contributed by atoms with van der Waals surface area (Å²) in [6, 6.07) is 11.2. The van der Waals surface area contributed by atoms with Crippen molar-refractivity contribution < 1.29 is 137 Å². The Kier molecular flexibility index (Phi) is 12.6. The Labute approximate surface area is 425 Å². The maximum absolute atomic E-state index is 15.1. The molecule has 3 saturated carbocycles. The second-order valence-electron chi connectivity index (χ2n) is 20.0. The summed E-state index contributed by atoms with van der Waals surface area (Å²) < 4.78 is 57.3. The van der Waals surface area contributed by atoms with Crippen molar-refractivity contribution in [1.29, 1.82) is 0 Å². The van der Waals surface area contributed by atoms with Crippen LogP contribution in [-0.4, -0.2) is 207 Å². The molecule has 0 bridgehead atoms. The number of aliphatic hydroxyl groups excluding tert-OH is 6. The highest BCUT2D eigenvalue weighted by Gasteiger charge is 2.83. The second-order valence-corrected chi connectivity index (χ2v) is 20.0. The molecule has 3 aliphatic carbocycles. The number of carbonyl (C=O) groups is 6. The summed E-state index contributed by atoms with van der Waals surface area (Å²) in [5.41, 5.74) is -3.66. The van der Waals surface area contributed by atoms with Crippen molar-refractivity contribution in [2.45, 2.75) is 121 Å². The lowest BCUT2D eigenvalue weighted by molar-refractivity contribution is -0.338. The number of aliphatic carboxylic acids is 4. The van der Waals surface area contributed by atoms with Gasteiger partial charge in [0, 0.05) is 23.7 Å². The van der Waals surface area contributed by atoms with Gasteiger partial charge in [-0.05, 0) is 47.5 Å². The Morgan fingerprint density at radius 2 is 0.829 bits per heavy atom. The van der Waals surface area contributed by atoms with Gasteiger partial charge in [-0.15, -0.1) is 0 Å². The predicted octanol–water partition coefficient (Wildman–Crippen LogP) is -3.47. The fourth-order valence-corrected chi connectivity index (χ4v) is 12.4. The number of carboxylic acid groups (broad SMARTS) is 4. The van der Waals surface area contributed by atoms with Crippen LogP contribution in [0.4, 0.5) is 0 Å². The van der Waals surface area contributed by atoms with Gasteiger partial charge in [-0.25, -0.2) is 19.2 Å². The fourth-order valence-electron chi connectivity index (χ4n) is 12.4. The summed E-state index contributed by atoms with van der Waals surface area (Å²) in [4.78, 5) is 80.2. The van der Waals surface area contributed by atoms with Crippen LogP contribution in [0.1, 0.15) is 23.0 Å². The van der Waals surface area contributed by atoms with E-state index in [1.54, 1.807) is 0 Å². The van der Waals surface area contributed by atoms with Gasteiger partial charge in [0.25, 0.3) is 0 Å². The summed E-state index contributed by atoms with van der Waals surface area (Å²) >= 11 is 0. The van der Waals surface area contributed by atoms with Gasteiger partial charge in [0.2, 0.25) is 23.8 Å². The lowest BCUT2D eigenvalue weighted by atomic mass is 9.52. The number of aliphatic hydroxyl groups is 6. The van der Waals surface area contributed by atoms with Crippen molar-refractivity contribution >= 4 is 35.8 Å². The quantitative estimate of drug-likeness (QED) is 0.0646. The molecule has 0 spiro atoms. The van der Waals surface area contributed by atoms with E-state index in [1.165, 1.54) is 60.7 Å². The van der Waals surface area contributed by atoms with Crippen LogP contribution < -0.4 is 0 Å². The van der Waals surface area contributed by atoms with Gasteiger partial charge >= 0.3 is 35.8 Å². The first-order chi connectivity index (χ1) is 36.1. The number of fused-ring (bicyclic) bond motifs is 6. The molecule has 0 aromatic heterocycles. The van der Waals surface area contributed by atoms with Gasteiger partial charge in [-0.3, -0.25) is 9.59 Å². The SMILES string of the molecule is O=C(O[C@H]1[C@@H]2C=CO[C@@H](O[C@@H]3O[C@H](C(=O)O)[C@@H](O)[C@H](O)[C@H]3O)[C@@H]2[C@@]2(C(=O)O)O[C@@H]12)[C@H]1[C@H](C(=O)O[C@H]2[C@@H]3C=CO[C@@H](O[C@@H]4O[C@H](C(=O)O)[C@@H](O)[C@H](O)[C@H]4O)[C@@H]3[C@@]3(C(=O)O)O[C@@H]23)[C@@H](c2ccc(O)cc2)[C@@H]1c1ccc(O)cc1. The largest absolute Gasteiger partial charge is 0.508 e. The molecule has 28 heteroatoms. The summed E-state index contributed by atoms with van der Waals surface area (Å²) in [5, 5.41) is 124. The molecule has 28 nitrogen and oxygen atoms in total. The lowest BCUT2D eigenvalue weighted by Crippen LogP contribution is -2.61. The maximum Gasteiger partial charge on any atom is 0.339 e. The molecular formula is C48H48O28. The molecule has 2 aromatic rings. The molecule has 408 valence electrons. The smallest absolute Gasteiger partial charge is 0.339 e. The fraction of sp³-hybridized carbons (Fsp3) is 0.542. The average Bonchev–Trinajstić information content (AvgIpc) is 4.35. The van der Waals surface area contributed by atoms with E-state index in [4.69, 9.17) is 47.4 Å². The number of carboxylic acids is 4. The van der Waals surface area contributed by atoms with Crippen LogP contribution in [0.2, 0.25) is 0 Å². The number of aromatic hydroxyl groups is 2. The predicted molar refractivity (Wildman–Crippen MR) is 232 cm³/mol. The number of phenolic OH excluding ortho intramolecular Hbond substituents is 2. The van der Waals surface area contributed by atoms with Crippen LogP contribution in [0.5, 0.6) is 11.5 Å². The summed E-state index contributed by atoms with van der Waals surface area (Å²) in [7, 11) is 0. The highest BCUT2D eigenvalue weighted by molar-refractivity contribution is 5.89. The van der Waals surface area contributed by atoms with E-state index in [9.17, 15) is 80.5 Å². The van der Waals surface area contributed by atoms with Crippen LogP contribution in [0, 0.1) is 35.5 Å². The van der Waals surface area contributed by atoms with Crippen LogP contribution in [0.25, 0.3) is 0 Å². The molecule has 6 aliphatic heterocycles. The minimum atomic E-state index is -2.21. The van der Waals surface area contributed by atoms with E-state index < -0.39 is 193 Å². The Bertz CT molecular complexity index is 2550. The van der Waals surface area contributed by atoms with Crippen molar-refractivity contribution in [1.82, 2.24) is 0 Å². The number of esters is 2. The Morgan fingerprint density at radius 1 is 0.474 bits per heavy atom. The maximum atomic E-state index is 15.1. The number of carbonyl (C=O) groups excluding carboxylic acids is 2.